The summed E-state index contributed by atoms with van der Waals surface area (Å²) >= 11 is 0. The molecular formula is C11H14N6O3. The molecule has 2 heterocycles. The summed E-state index contributed by atoms with van der Waals surface area (Å²) in [6.07, 6.45) is 1.01. The zero-order valence-corrected chi connectivity index (χ0v) is 11.3. The standard InChI is InChI=1S/C11H14N6O3/c1-6-8(7(2)16(3)15-6)4-12-11(18)10-9(17(19)20)5-13-14-10/h5H,4H2,1-3H3,(H,12,18)(H,13,14). The van der Waals surface area contributed by atoms with Crippen LogP contribution in [0.3, 0.4) is 0 Å². The lowest BCUT2D eigenvalue weighted by Crippen LogP contribution is -2.24. The molecule has 2 aromatic rings. The van der Waals surface area contributed by atoms with Gasteiger partial charge in [-0.15, -0.1) is 0 Å². The van der Waals surface area contributed by atoms with Crippen molar-refractivity contribution in [2.24, 2.45) is 7.05 Å². The molecule has 0 aliphatic carbocycles. The maximum absolute atomic E-state index is 11.9. The van der Waals surface area contributed by atoms with Crippen LogP contribution in [0, 0.1) is 24.0 Å². The van der Waals surface area contributed by atoms with Crippen LogP contribution >= 0.6 is 0 Å². The minimum absolute atomic E-state index is 0.158. The highest BCUT2D eigenvalue weighted by molar-refractivity contribution is 5.95. The lowest BCUT2D eigenvalue weighted by molar-refractivity contribution is -0.385. The van der Waals surface area contributed by atoms with Crippen LogP contribution in [-0.2, 0) is 13.6 Å². The topological polar surface area (TPSA) is 119 Å². The molecule has 106 valence electrons. The molecule has 2 N–H and O–H groups in total. The predicted molar refractivity (Wildman–Crippen MR) is 69.1 cm³/mol. The molecule has 0 aromatic carbocycles. The van der Waals surface area contributed by atoms with Crippen LogP contribution in [-0.4, -0.2) is 30.8 Å². The molecule has 0 bridgehead atoms. The lowest BCUT2D eigenvalue weighted by Gasteiger charge is -2.04. The van der Waals surface area contributed by atoms with E-state index in [4.69, 9.17) is 0 Å². The van der Waals surface area contributed by atoms with Gasteiger partial charge in [-0.2, -0.15) is 10.2 Å². The molecule has 20 heavy (non-hydrogen) atoms. The highest BCUT2D eigenvalue weighted by atomic mass is 16.6. The van der Waals surface area contributed by atoms with Crippen molar-refractivity contribution in [3.63, 3.8) is 0 Å². The molecule has 9 nitrogen and oxygen atoms in total. The van der Waals surface area contributed by atoms with Crippen molar-refractivity contribution in [3.8, 4) is 0 Å². The Morgan fingerprint density at radius 1 is 1.55 bits per heavy atom. The molecule has 0 saturated heterocycles. The van der Waals surface area contributed by atoms with E-state index in [1.807, 2.05) is 20.9 Å². The number of carbonyl (C=O) groups is 1. The van der Waals surface area contributed by atoms with Gasteiger partial charge in [-0.1, -0.05) is 0 Å². The first-order chi connectivity index (χ1) is 9.41. The zero-order chi connectivity index (χ0) is 14.9. The van der Waals surface area contributed by atoms with Crippen molar-refractivity contribution >= 4 is 11.6 Å². The second-order valence-electron chi connectivity index (χ2n) is 4.34. The largest absolute Gasteiger partial charge is 0.346 e. The summed E-state index contributed by atoms with van der Waals surface area (Å²) in [5.74, 6) is -0.572. The highest BCUT2D eigenvalue weighted by Gasteiger charge is 2.23. The molecule has 0 unspecified atom stereocenters. The second-order valence-corrected chi connectivity index (χ2v) is 4.34. The summed E-state index contributed by atoms with van der Waals surface area (Å²) in [6, 6.07) is 0. The van der Waals surface area contributed by atoms with Crippen LogP contribution in [0.4, 0.5) is 5.69 Å². The third-order valence-electron chi connectivity index (χ3n) is 3.13. The van der Waals surface area contributed by atoms with Crippen molar-refractivity contribution in [1.82, 2.24) is 25.3 Å². The molecule has 2 rings (SSSR count). The molecular weight excluding hydrogens is 264 g/mol. The molecule has 1 amide bonds. The molecule has 0 radical (unpaired) electrons. The SMILES string of the molecule is Cc1nn(C)c(C)c1CNC(=O)c1[nH]ncc1[N+](=O)[O-]. The molecule has 0 aliphatic heterocycles. The van der Waals surface area contributed by atoms with Crippen LogP contribution < -0.4 is 5.32 Å². The van der Waals surface area contributed by atoms with Gasteiger partial charge >= 0.3 is 5.69 Å². The smallest absolute Gasteiger partial charge is 0.319 e. The summed E-state index contributed by atoms with van der Waals surface area (Å²) in [5.41, 5.74) is 2.13. The Hall–Kier alpha value is -2.71. The first-order valence-electron chi connectivity index (χ1n) is 5.86. The van der Waals surface area contributed by atoms with Gasteiger partial charge in [-0.3, -0.25) is 24.7 Å². The number of rotatable bonds is 4. The normalized spacial score (nSPS) is 10.6. The number of carbonyl (C=O) groups excluding carboxylic acids is 1. The molecule has 2 aromatic heterocycles. The van der Waals surface area contributed by atoms with E-state index in [1.165, 1.54) is 0 Å². The van der Waals surface area contributed by atoms with Crippen LogP contribution in [0.15, 0.2) is 6.20 Å². The number of nitrogens with zero attached hydrogens (tertiary/aromatic N) is 4. The average Bonchev–Trinajstić information content (AvgIpc) is 2.95. The van der Waals surface area contributed by atoms with E-state index < -0.39 is 10.8 Å². The summed E-state index contributed by atoms with van der Waals surface area (Å²) in [6.45, 7) is 3.98. The number of nitrogens with one attached hydrogen (secondary N) is 2. The quantitative estimate of drug-likeness (QED) is 0.627. The maximum atomic E-state index is 11.9. The monoisotopic (exact) mass is 278 g/mol. The van der Waals surface area contributed by atoms with E-state index in [0.717, 1.165) is 23.1 Å². The third kappa shape index (κ3) is 2.37. The highest BCUT2D eigenvalue weighted by Crippen LogP contribution is 2.15. The molecule has 0 fully saturated rings. The van der Waals surface area contributed by atoms with E-state index in [1.54, 1.807) is 4.68 Å². The average molecular weight is 278 g/mol. The fourth-order valence-electron chi connectivity index (χ4n) is 1.92. The first-order valence-corrected chi connectivity index (χ1v) is 5.86. The minimum Gasteiger partial charge on any atom is -0.346 e. The predicted octanol–water partition coefficient (Wildman–Crippen LogP) is 0.598. The van der Waals surface area contributed by atoms with E-state index in [9.17, 15) is 14.9 Å². The van der Waals surface area contributed by atoms with Gasteiger partial charge in [-0.25, -0.2) is 0 Å². The van der Waals surface area contributed by atoms with E-state index in [-0.39, 0.29) is 17.9 Å². The number of amides is 1. The molecule has 0 spiro atoms. The number of H-pyrrole nitrogens is 1. The lowest BCUT2D eigenvalue weighted by atomic mass is 10.2. The fraction of sp³-hybridized carbons (Fsp3) is 0.364. The summed E-state index contributed by atoms with van der Waals surface area (Å²) in [4.78, 5) is 22.0. The van der Waals surface area contributed by atoms with Crippen molar-refractivity contribution in [1.29, 1.82) is 0 Å². The number of hydrogen-bond donors (Lipinski definition) is 2. The Bertz CT molecular complexity index is 672. The van der Waals surface area contributed by atoms with E-state index in [2.05, 4.69) is 20.6 Å². The molecule has 0 saturated carbocycles. The minimum atomic E-state index is -0.654. The van der Waals surface area contributed by atoms with Gasteiger partial charge in [0.1, 0.15) is 6.20 Å². The van der Waals surface area contributed by atoms with Gasteiger partial charge in [0.2, 0.25) is 5.69 Å². The van der Waals surface area contributed by atoms with Gasteiger partial charge in [-0.05, 0) is 13.8 Å². The fourth-order valence-corrected chi connectivity index (χ4v) is 1.92. The number of aryl methyl sites for hydroxylation is 2. The summed E-state index contributed by atoms with van der Waals surface area (Å²) < 4.78 is 1.72. The second kappa shape index (κ2) is 5.11. The van der Waals surface area contributed by atoms with Gasteiger partial charge < -0.3 is 5.32 Å². The van der Waals surface area contributed by atoms with Crippen molar-refractivity contribution in [2.75, 3.05) is 0 Å². The molecule has 0 aliphatic rings. The van der Waals surface area contributed by atoms with Crippen LogP contribution in [0.25, 0.3) is 0 Å². The third-order valence-corrected chi connectivity index (χ3v) is 3.13. The van der Waals surface area contributed by atoms with Gasteiger partial charge in [0, 0.05) is 24.8 Å². The zero-order valence-electron chi connectivity index (χ0n) is 11.3. The molecule has 0 atom stereocenters. The van der Waals surface area contributed by atoms with Crippen LogP contribution in [0.5, 0.6) is 0 Å². The van der Waals surface area contributed by atoms with E-state index in [0.29, 0.717) is 0 Å². The Labute approximate surface area is 114 Å². The van der Waals surface area contributed by atoms with Crippen molar-refractivity contribution in [3.05, 3.63) is 39.0 Å². The van der Waals surface area contributed by atoms with Crippen LogP contribution in [0.1, 0.15) is 27.4 Å². The Morgan fingerprint density at radius 3 is 2.80 bits per heavy atom. The summed E-state index contributed by atoms with van der Waals surface area (Å²) in [5, 5.41) is 23.4. The van der Waals surface area contributed by atoms with E-state index >= 15 is 0 Å². The number of nitro groups is 1. The summed E-state index contributed by atoms with van der Waals surface area (Å²) in [7, 11) is 1.81. The van der Waals surface area contributed by atoms with Crippen molar-refractivity contribution < 1.29 is 9.72 Å². The van der Waals surface area contributed by atoms with Gasteiger partial charge in [0.25, 0.3) is 5.91 Å². The van der Waals surface area contributed by atoms with Crippen molar-refractivity contribution in [2.45, 2.75) is 20.4 Å². The maximum Gasteiger partial charge on any atom is 0.319 e. The number of aromatic amines is 1. The Morgan fingerprint density at radius 2 is 2.25 bits per heavy atom. The Balaban J connectivity index is 2.13. The Kier molecular flexibility index (Phi) is 3.51. The van der Waals surface area contributed by atoms with Gasteiger partial charge in [0.05, 0.1) is 10.6 Å². The number of aromatic nitrogens is 4. The molecule has 9 heteroatoms. The number of hydrogen-bond acceptors (Lipinski definition) is 5. The first kappa shape index (κ1) is 13.7. The van der Waals surface area contributed by atoms with Gasteiger partial charge in [0.15, 0.2) is 0 Å². The van der Waals surface area contributed by atoms with Crippen LogP contribution in [0.2, 0.25) is 0 Å².